The van der Waals surface area contributed by atoms with Crippen molar-refractivity contribution in [3.63, 3.8) is 0 Å². The van der Waals surface area contributed by atoms with E-state index < -0.39 is 22.0 Å². The zero-order chi connectivity index (χ0) is 23.4. The minimum Gasteiger partial charge on any atom is -0.492 e. The third-order valence-electron chi connectivity index (χ3n) is 4.90. The van der Waals surface area contributed by atoms with Gasteiger partial charge in [-0.3, -0.25) is 9.10 Å². The van der Waals surface area contributed by atoms with E-state index in [1.807, 2.05) is 0 Å². The summed E-state index contributed by atoms with van der Waals surface area (Å²) in [6.45, 7) is 0.229. The molecule has 0 radical (unpaired) electrons. The smallest absolute Gasteiger partial charge is 0.264 e. The minimum absolute atomic E-state index is 0.105. The number of amides is 1. The molecule has 172 valence electrons. The number of halogens is 2. The van der Waals surface area contributed by atoms with Crippen LogP contribution in [-0.2, 0) is 14.8 Å². The topological polar surface area (TPSA) is 84.9 Å². The zero-order valence-electron chi connectivity index (χ0n) is 17.3. The first-order chi connectivity index (χ1) is 15.8. The number of rotatable bonds is 7. The lowest BCUT2D eigenvalue weighted by Gasteiger charge is -2.34. The Labute approximate surface area is 201 Å². The maximum atomic E-state index is 13.3. The van der Waals surface area contributed by atoms with E-state index in [0.717, 1.165) is 4.31 Å². The van der Waals surface area contributed by atoms with Gasteiger partial charge in [0.2, 0.25) is 0 Å². The highest BCUT2D eigenvalue weighted by atomic mass is 35.5. The van der Waals surface area contributed by atoms with Crippen LogP contribution in [0, 0.1) is 0 Å². The van der Waals surface area contributed by atoms with E-state index in [-0.39, 0.29) is 36.0 Å². The molecule has 0 bridgehead atoms. The maximum Gasteiger partial charge on any atom is 0.264 e. The minimum atomic E-state index is -3.94. The van der Waals surface area contributed by atoms with Gasteiger partial charge in [0.05, 0.1) is 23.7 Å². The molecule has 33 heavy (non-hydrogen) atoms. The van der Waals surface area contributed by atoms with Crippen LogP contribution in [-0.4, -0.2) is 40.1 Å². The standard InChI is InChI=1S/C23H20Cl2N2O5S/c24-16-6-9-18(10-7-16)31-13-12-26-23(28)22-15-27(20-14-17(25)8-11-21(20)32-22)33(29,30)19-4-2-1-3-5-19/h1-11,14,22H,12-13,15H2,(H,26,28). The Hall–Kier alpha value is -2.94. The van der Waals surface area contributed by atoms with Crippen molar-refractivity contribution in [2.45, 2.75) is 11.0 Å². The van der Waals surface area contributed by atoms with Crippen molar-refractivity contribution in [2.75, 3.05) is 24.0 Å². The second-order valence-corrected chi connectivity index (χ2v) is 9.90. The van der Waals surface area contributed by atoms with Gasteiger partial charge in [0.15, 0.2) is 6.10 Å². The second kappa shape index (κ2) is 9.91. The summed E-state index contributed by atoms with van der Waals surface area (Å²) in [5, 5.41) is 3.68. The molecule has 7 nitrogen and oxygen atoms in total. The predicted molar refractivity (Wildman–Crippen MR) is 127 cm³/mol. The molecule has 1 aliphatic rings. The van der Waals surface area contributed by atoms with Crippen LogP contribution in [0.25, 0.3) is 0 Å². The second-order valence-electron chi connectivity index (χ2n) is 7.16. The first-order valence-corrected chi connectivity index (χ1v) is 12.2. The molecule has 0 saturated carbocycles. The summed E-state index contributed by atoms with van der Waals surface area (Å²) in [6, 6.07) is 19.5. The van der Waals surface area contributed by atoms with Crippen molar-refractivity contribution in [3.05, 3.63) is 82.8 Å². The highest BCUT2D eigenvalue weighted by molar-refractivity contribution is 7.92. The number of hydrogen-bond donors (Lipinski definition) is 1. The normalized spacial score (nSPS) is 15.3. The lowest BCUT2D eigenvalue weighted by Crippen LogP contribution is -2.51. The molecule has 4 rings (SSSR count). The van der Waals surface area contributed by atoms with Crippen molar-refractivity contribution < 1.29 is 22.7 Å². The molecule has 1 N–H and O–H groups in total. The van der Waals surface area contributed by atoms with Gasteiger partial charge in [-0.15, -0.1) is 0 Å². The Morgan fingerprint density at radius 3 is 2.45 bits per heavy atom. The Morgan fingerprint density at radius 1 is 1.03 bits per heavy atom. The number of nitrogens with zero attached hydrogens (tertiary/aromatic N) is 1. The summed E-state index contributed by atoms with van der Waals surface area (Å²) >= 11 is 12.0. The van der Waals surface area contributed by atoms with Gasteiger partial charge in [-0.25, -0.2) is 8.42 Å². The summed E-state index contributed by atoms with van der Waals surface area (Å²) in [6.07, 6.45) is -1.05. The van der Waals surface area contributed by atoms with Crippen LogP contribution < -0.4 is 19.1 Å². The molecular formula is C23H20Cl2N2O5S. The quantitative estimate of drug-likeness (QED) is 0.486. The van der Waals surface area contributed by atoms with Crippen LogP contribution in [0.3, 0.4) is 0 Å². The highest BCUT2D eigenvalue weighted by Gasteiger charge is 2.37. The number of carbonyl (C=O) groups is 1. The fourth-order valence-electron chi connectivity index (χ4n) is 3.30. The molecule has 0 aliphatic carbocycles. The summed E-state index contributed by atoms with van der Waals surface area (Å²) < 4.78 is 39.2. The molecule has 10 heteroatoms. The largest absolute Gasteiger partial charge is 0.492 e. The molecule has 1 aliphatic heterocycles. The average Bonchev–Trinajstić information content (AvgIpc) is 2.82. The number of fused-ring (bicyclic) bond motifs is 1. The molecule has 0 saturated heterocycles. The highest BCUT2D eigenvalue weighted by Crippen LogP contribution is 2.38. The van der Waals surface area contributed by atoms with E-state index in [1.165, 1.54) is 18.2 Å². The lowest BCUT2D eigenvalue weighted by atomic mass is 10.2. The molecule has 1 unspecified atom stereocenters. The first-order valence-electron chi connectivity index (χ1n) is 10.0. The molecule has 3 aromatic carbocycles. The summed E-state index contributed by atoms with van der Waals surface area (Å²) in [5.74, 6) is 0.416. The van der Waals surface area contributed by atoms with Crippen LogP contribution in [0.4, 0.5) is 5.69 Å². The Balaban J connectivity index is 1.47. The van der Waals surface area contributed by atoms with Crippen molar-refractivity contribution in [2.24, 2.45) is 0 Å². The first kappa shape index (κ1) is 23.2. The zero-order valence-corrected chi connectivity index (χ0v) is 19.6. The van der Waals surface area contributed by atoms with Gasteiger partial charge in [0, 0.05) is 10.0 Å². The molecular weight excluding hydrogens is 487 g/mol. The Morgan fingerprint density at radius 2 is 1.73 bits per heavy atom. The molecule has 1 amide bonds. The number of nitrogens with one attached hydrogen (secondary N) is 1. The molecule has 3 aromatic rings. The van der Waals surface area contributed by atoms with Crippen LogP contribution >= 0.6 is 23.2 Å². The average molecular weight is 507 g/mol. The van der Waals surface area contributed by atoms with Crippen LogP contribution in [0.5, 0.6) is 11.5 Å². The van der Waals surface area contributed by atoms with Gasteiger partial charge < -0.3 is 14.8 Å². The number of benzene rings is 3. The van der Waals surface area contributed by atoms with E-state index in [2.05, 4.69) is 5.32 Å². The van der Waals surface area contributed by atoms with E-state index in [0.29, 0.717) is 15.8 Å². The fraction of sp³-hybridized carbons (Fsp3) is 0.174. The number of anilines is 1. The lowest BCUT2D eigenvalue weighted by molar-refractivity contribution is -0.127. The molecule has 0 spiro atoms. The van der Waals surface area contributed by atoms with Crippen LogP contribution in [0.1, 0.15) is 0 Å². The molecule has 0 fully saturated rings. The SMILES string of the molecule is O=C(NCCOc1ccc(Cl)cc1)C1CN(S(=O)(=O)c2ccccc2)c2cc(Cl)ccc2O1. The fourth-order valence-corrected chi connectivity index (χ4v) is 5.08. The molecule has 1 atom stereocenters. The summed E-state index contributed by atoms with van der Waals surface area (Å²) in [5.41, 5.74) is 0.279. The van der Waals surface area contributed by atoms with Crippen molar-refractivity contribution in [1.82, 2.24) is 5.32 Å². The monoisotopic (exact) mass is 506 g/mol. The van der Waals surface area contributed by atoms with E-state index in [9.17, 15) is 13.2 Å². The molecule has 1 heterocycles. The summed E-state index contributed by atoms with van der Waals surface area (Å²) in [7, 11) is -3.94. The Bertz CT molecular complexity index is 1240. The third-order valence-corrected chi connectivity index (χ3v) is 7.18. The van der Waals surface area contributed by atoms with E-state index in [4.69, 9.17) is 32.7 Å². The number of ether oxygens (including phenoxy) is 2. The van der Waals surface area contributed by atoms with E-state index >= 15 is 0 Å². The van der Waals surface area contributed by atoms with Crippen molar-refractivity contribution in [1.29, 1.82) is 0 Å². The van der Waals surface area contributed by atoms with Gasteiger partial charge >= 0.3 is 0 Å². The molecule has 0 aromatic heterocycles. The number of carbonyl (C=O) groups excluding carboxylic acids is 1. The van der Waals surface area contributed by atoms with Crippen LogP contribution in [0.2, 0.25) is 10.0 Å². The maximum absolute atomic E-state index is 13.3. The van der Waals surface area contributed by atoms with E-state index in [1.54, 1.807) is 54.6 Å². The predicted octanol–water partition coefficient (Wildman–Crippen LogP) is 4.14. The Kier molecular flexibility index (Phi) is 6.97. The van der Waals surface area contributed by atoms with Gasteiger partial charge in [-0.1, -0.05) is 41.4 Å². The van der Waals surface area contributed by atoms with Crippen molar-refractivity contribution in [3.8, 4) is 11.5 Å². The van der Waals surface area contributed by atoms with Crippen molar-refractivity contribution >= 4 is 44.8 Å². The van der Waals surface area contributed by atoms with Gasteiger partial charge in [0.1, 0.15) is 18.1 Å². The van der Waals surface area contributed by atoms with Gasteiger partial charge in [0.25, 0.3) is 15.9 Å². The van der Waals surface area contributed by atoms with Crippen LogP contribution in [0.15, 0.2) is 77.7 Å². The summed E-state index contributed by atoms with van der Waals surface area (Å²) in [4.78, 5) is 12.9. The van der Waals surface area contributed by atoms with Gasteiger partial charge in [-0.05, 0) is 54.6 Å². The number of hydrogen-bond acceptors (Lipinski definition) is 5. The van der Waals surface area contributed by atoms with Gasteiger partial charge in [-0.2, -0.15) is 0 Å². The number of sulfonamides is 1. The third kappa shape index (κ3) is 5.35.